The summed E-state index contributed by atoms with van der Waals surface area (Å²) in [5, 5.41) is 10.5. The molecule has 2 bridgehead atoms. The van der Waals surface area contributed by atoms with Crippen molar-refractivity contribution in [3.05, 3.63) is 22.8 Å². The molecule has 0 aromatic heterocycles. The van der Waals surface area contributed by atoms with Gasteiger partial charge >= 0.3 is 7.60 Å². The maximum atomic E-state index is 11.0. The van der Waals surface area contributed by atoms with E-state index in [4.69, 9.17) is 14.5 Å². The molecule has 0 saturated heterocycles. The Hall–Kier alpha value is -1.03. The Balaban J connectivity index is 1.57. The fourth-order valence-corrected chi connectivity index (χ4v) is 5.59. The molecule has 4 atom stereocenters. The van der Waals surface area contributed by atoms with Gasteiger partial charge in [-0.1, -0.05) is 0 Å². The van der Waals surface area contributed by atoms with Crippen molar-refractivity contribution in [2.45, 2.75) is 63.4 Å². The molecule has 4 unspecified atom stereocenters. The van der Waals surface area contributed by atoms with Gasteiger partial charge in [-0.2, -0.15) is 0 Å². The van der Waals surface area contributed by atoms with Crippen LogP contribution in [0.15, 0.2) is 6.07 Å². The number of phenols is 1. The van der Waals surface area contributed by atoms with Crippen LogP contribution in [0.4, 0.5) is 0 Å². The molecule has 1 fully saturated rings. The van der Waals surface area contributed by atoms with E-state index in [1.54, 1.807) is 0 Å². The Kier molecular flexibility index (Phi) is 3.94. The van der Waals surface area contributed by atoms with Crippen LogP contribution in [0.1, 0.15) is 67.6 Å². The molecule has 2 aliphatic carbocycles. The maximum Gasteiger partial charge on any atom is 0.325 e. The van der Waals surface area contributed by atoms with Crippen LogP contribution in [0, 0.1) is 5.92 Å². The van der Waals surface area contributed by atoms with E-state index in [0.717, 1.165) is 36.1 Å². The molecule has 0 radical (unpaired) electrons. The van der Waals surface area contributed by atoms with Gasteiger partial charge in [0.15, 0.2) is 0 Å². The molecule has 1 aromatic rings. The van der Waals surface area contributed by atoms with E-state index in [-0.39, 0.29) is 18.2 Å². The van der Waals surface area contributed by atoms with E-state index < -0.39 is 7.60 Å². The van der Waals surface area contributed by atoms with Crippen LogP contribution in [0.3, 0.4) is 0 Å². The normalized spacial score (nSPS) is 30.8. The lowest BCUT2D eigenvalue weighted by Crippen LogP contribution is -2.31. The summed E-state index contributed by atoms with van der Waals surface area (Å²) in [7, 11) is -3.93. The minimum Gasteiger partial charge on any atom is -0.508 e. The second kappa shape index (κ2) is 5.76. The summed E-state index contributed by atoms with van der Waals surface area (Å²) in [6.07, 6.45) is 5.53. The van der Waals surface area contributed by atoms with Gasteiger partial charge in [-0.05, 0) is 74.8 Å². The monoisotopic (exact) mass is 352 g/mol. The highest BCUT2D eigenvalue weighted by Crippen LogP contribution is 2.60. The van der Waals surface area contributed by atoms with Crippen LogP contribution in [0.25, 0.3) is 0 Å². The zero-order valence-electron chi connectivity index (χ0n) is 13.9. The Morgan fingerprint density at radius 1 is 1.25 bits per heavy atom. The Morgan fingerprint density at radius 2 is 1.96 bits per heavy atom. The number of benzene rings is 1. The van der Waals surface area contributed by atoms with Gasteiger partial charge in [0, 0.05) is 17.3 Å². The highest BCUT2D eigenvalue weighted by Gasteiger charge is 2.43. The second-order valence-electron chi connectivity index (χ2n) is 7.74. The van der Waals surface area contributed by atoms with Crippen molar-refractivity contribution >= 4 is 7.60 Å². The van der Waals surface area contributed by atoms with E-state index in [9.17, 15) is 9.67 Å². The van der Waals surface area contributed by atoms with E-state index >= 15 is 0 Å². The smallest absolute Gasteiger partial charge is 0.325 e. The van der Waals surface area contributed by atoms with Gasteiger partial charge < -0.3 is 19.6 Å². The summed E-state index contributed by atoms with van der Waals surface area (Å²) in [6, 6.07) is 1.87. The number of hydrogen-bond donors (Lipinski definition) is 3. The minimum absolute atomic E-state index is 0.0436. The van der Waals surface area contributed by atoms with Crippen LogP contribution >= 0.6 is 7.60 Å². The molecule has 4 rings (SSSR count). The number of fused-ring (bicyclic) bond motifs is 7. The fraction of sp³-hybridized carbons (Fsp3) is 0.667. The van der Waals surface area contributed by atoms with Gasteiger partial charge in [-0.25, -0.2) is 0 Å². The average molecular weight is 352 g/mol. The van der Waals surface area contributed by atoms with Crippen LogP contribution in [-0.4, -0.2) is 27.2 Å². The molecule has 132 valence electrons. The van der Waals surface area contributed by atoms with E-state index in [0.29, 0.717) is 24.0 Å². The first-order valence-electron chi connectivity index (χ1n) is 8.93. The second-order valence-corrected chi connectivity index (χ2v) is 9.51. The van der Waals surface area contributed by atoms with Crippen LogP contribution in [0.5, 0.6) is 11.5 Å². The number of hydrogen-bond acceptors (Lipinski definition) is 3. The molecule has 1 aliphatic heterocycles. The largest absolute Gasteiger partial charge is 0.508 e. The molecule has 6 heteroatoms. The number of aromatic hydroxyl groups is 1. The number of phenolic OH excluding ortho intramolecular Hbond substituents is 1. The Bertz CT molecular complexity index is 710. The van der Waals surface area contributed by atoms with Crippen molar-refractivity contribution in [3.8, 4) is 11.5 Å². The molecule has 0 spiro atoms. The number of rotatable bonds is 4. The molecular formula is C18H25O5P. The fourth-order valence-electron chi connectivity index (χ4n) is 5.00. The lowest BCUT2D eigenvalue weighted by molar-refractivity contribution is 0.120. The zero-order chi connectivity index (χ0) is 17.1. The third-order valence-electron chi connectivity index (χ3n) is 6.14. The first-order valence-corrected chi connectivity index (χ1v) is 10.7. The molecule has 1 heterocycles. The van der Waals surface area contributed by atoms with Gasteiger partial charge in [0.25, 0.3) is 0 Å². The van der Waals surface area contributed by atoms with Crippen LogP contribution in [0.2, 0.25) is 0 Å². The summed E-state index contributed by atoms with van der Waals surface area (Å²) >= 11 is 0. The molecule has 3 aliphatic rings. The van der Waals surface area contributed by atoms with Gasteiger partial charge in [-0.3, -0.25) is 4.57 Å². The average Bonchev–Trinajstić information content (AvgIpc) is 3.09. The Morgan fingerprint density at radius 3 is 2.67 bits per heavy atom. The number of ether oxygens (including phenoxy) is 1. The van der Waals surface area contributed by atoms with E-state index in [2.05, 4.69) is 6.92 Å². The predicted octanol–water partition coefficient (Wildman–Crippen LogP) is 3.65. The molecular weight excluding hydrogens is 327 g/mol. The van der Waals surface area contributed by atoms with E-state index in [1.165, 1.54) is 18.4 Å². The van der Waals surface area contributed by atoms with Crippen molar-refractivity contribution < 1.29 is 24.2 Å². The molecule has 5 nitrogen and oxygen atoms in total. The van der Waals surface area contributed by atoms with Crippen molar-refractivity contribution in [1.82, 2.24) is 0 Å². The summed E-state index contributed by atoms with van der Waals surface area (Å²) in [5.41, 5.74) is 3.44. The lowest BCUT2D eigenvalue weighted by Gasteiger charge is -2.34. The molecule has 1 saturated carbocycles. The SMILES string of the molecule is CC1Oc2c(cc(O)c3c2C2CCC3C2)CC1CCCP(=O)(O)O. The van der Waals surface area contributed by atoms with Gasteiger partial charge in [0.1, 0.15) is 11.5 Å². The first-order chi connectivity index (χ1) is 11.3. The maximum absolute atomic E-state index is 11.0. The topological polar surface area (TPSA) is 87.0 Å². The third kappa shape index (κ3) is 2.77. The van der Waals surface area contributed by atoms with Crippen molar-refractivity contribution in [1.29, 1.82) is 0 Å². The quantitative estimate of drug-likeness (QED) is 0.720. The lowest BCUT2D eigenvalue weighted by atomic mass is 9.82. The highest BCUT2D eigenvalue weighted by molar-refractivity contribution is 7.51. The van der Waals surface area contributed by atoms with Gasteiger partial charge in [-0.15, -0.1) is 0 Å². The molecule has 1 aromatic carbocycles. The highest BCUT2D eigenvalue weighted by atomic mass is 31.2. The summed E-state index contributed by atoms with van der Waals surface area (Å²) in [4.78, 5) is 18.0. The van der Waals surface area contributed by atoms with Gasteiger partial charge in [0.2, 0.25) is 0 Å². The molecule has 0 amide bonds. The first kappa shape index (κ1) is 16.4. The zero-order valence-corrected chi connectivity index (χ0v) is 14.8. The standard InChI is InChI=1S/C18H25O5P/c1-10-11(3-2-6-24(20,21)22)7-14-9-15(19)16-12-4-5-13(8-12)17(16)18(14)23-10/h9-13,19H,2-8H2,1H3,(H2,20,21,22). The minimum atomic E-state index is -3.93. The molecule has 3 N–H and O–H groups in total. The van der Waals surface area contributed by atoms with Crippen molar-refractivity contribution in [2.75, 3.05) is 6.16 Å². The van der Waals surface area contributed by atoms with Crippen LogP contribution < -0.4 is 4.74 Å². The van der Waals surface area contributed by atoms with Gasteiger partial charge in [0.05, 0.1) is 6.10 Å². The predicted molar refractivity (Wildman–Crippen MR) is 90.9 cm³/mol. The summed E-state index contributed by atoms with van der Waals surface area (Å²) < 4.78 is 17.3. The van der Waals surface area contributed by atoms with Crippen molar-refractivity contribution in [3.63, 3.8) is 0 Å². The van der Waals surface area contributed by atoms with Crippen molar-refractivity contribution in [2.24, 2.45) is 5.92 Å². The summed E-state index contributed by atoms with van der Waals surface area (Å²) in [5.74, 6) is 2.68. The van der Waals surface area contributed by atoms with E-state index in [1.807, 2.05) is 6.07 Å². The molecule has 24 heavy (non-hydrogen) atoms. The van der Waals surface area contributed by atoms with Crippen LogP contribution in [-0.2, 0) is 11.0 Å². The third-order valence-corrected chi connectivity index (χ3v) is 7.04. The Labute approximate surface area is 142 Å². The summed E-state index contributed by atoms with van der Waals surface area (Å²) in [6.45, 7) is 2.05.